The molecule has 2 rings (SSSR count). The van der Waals surface area contributed by atoms with E-state index in [0.717, 1.165) is 17.9 Å². The molecule has 4 heteroatoms. The zero-order valence-electron chi connectivity index (χ0n) is 8.29. The van der Waals surface area contributed by atoms with Crippen molar-refractivity contribution in [2.45, 2.75) is 13.3 Å². The maximum Gasteiger partial charge on any atom is 0.148 e. The molecule has 0 aliphatic heterocycles. The molecule has 0 spiro atoms. The standard InChI is InChI=1S/C10H13N3S/c1-3-7-4-5-9(14-7)8-6-10(11-2)13-12-8/h4-6H,3H2,1-2H3,(H2,11,12,13). The van der Waals surface area contributed by atoms with Crippen LogP contribution in [0.1, 0.15) is 11.8 Å². The minimum absolute atomic E-state index is 0.881. The molecule has 0 unspecified atom stereocenters. The molecule has 2 aromatic heterocycles. The third kappa shape index (κ3) is 1.65. The van der Waals surface area contributed by atoms with Crippen molar-refractivity contribution in [2.75, 3.05) is 12.4 Å². The first kappa shape index (κ1) is 9.27. The van der Waals surface area contributed by atoms with E-state index in [2.05, 4.69) is 34.6 Å². The van der Waals surface area contributed by atoms with E-state index in [9.17, 15) is 0 Å². The number of aryl methyl sites for hydroxylation is 1. The summed E-state index contributed by atoms with van der Waals surface area (Å²) in [6.45, 7) is 2.17. The van der Waals surface area contributed by atoms with Gasteiger partial charge in [-0.25, -0.2) is 0 Å². The first-order valence-electron chi connectivity index (χ1n) is 4.65. The highest BCUT2D eigenvalue weighted by Crippen LogP contribution is 2.27. The van der Waals surface area contributed by atoms with Gasteiger partial charge in [-0.2, -0.15) is 5.10 Å². The van der Waals surface area contributed by atoms with Crippen LogP contribution in [0, 0.1) is 0 Å². The van der Waals surface area contributed by atoms with Crippen molar-refractivity contribution in [1.29, 1.82) is 0 Å². The molecule has 0 bridgehead atoms. The second-order valence-corrected chi connectivity index (χ2v) is 4.20. The van der Waals surface area contributed by atoms with E-state index in [1.807, 2.05) is 24.5 Å². The summed E-state index contributed by atoms with van der Waals surface area (Å²) in [5, 5.41) is 10.1. The number of rotatable bonds is 3. The van der Waals surface area contributed by atoms with Crippen LogP contribution in [0.2, 0.25) is 0 Å². The van der Waals surface area contributed by atoms with Crippen LogP contribution in [0.4, 0.5) is 5.82 Å². The second-order valence-electron chi connectivity index (χ2n) is 3.04. The SMILES string of the molecule is CCc1ccc(-c2cc(NC)n[nH]2)s1. The normalized spacial score (nSPS) is 10.4. The van der Waals surface area contributed by atoms with E-state index in [1.54, 1.807) is 0 Å². The summed E-state index contributed by atoms with van der Waals surface area (Å²) in [5.74, 6) is 0.881. The molecule has 2 aromatic rings. The Kier molecular flexibility index (Phi) is 2.54. The van der Waals surface area contributed by atoms with E-state index in [0.29, 0.717) is 0 Å². The molecule has 0 saturated carbocycles. The lowest BCUT2D eigenvalue weighted by molar-refractivity contribution is 1.09. The van der Waals surface area contributed by atoms with Crippen molar-refractivity contribution in [2.24, 2.45) is 0 Å². The lowest BCUT2D eigenvalue weighted by atomic mass is 10.3. The molecular formula is C10H13N3S. The lowest BCUT2D eigenvalue weighted by Gasteiger charge is -1.88. The van der Waals surface area contributed by atoms with Gasteiger partial charge in [0.2, 0.25) is 0 Å². The van der Waals surface area contributed by atoms with E-state index < -0.39 is 0 Å². The largest absolute Gasteiger partial charge is 0.372 e. The molecule has 2 heterocycles. The molecule has 0 aliphatic carbocycles. The van der Waals surface area contributed by atoms with Crippen LogP contribution < -0.4 is 5.32 Å². The van der Waals surface area contributed by atoms with E-state index in [1.165, 1.54) is 9.75 Å². The highest BCUT2D eigenvalue weighted by Gasteiger charge is 2.04. The first-order valence-corrected chi connectivity index (χ1v) is 5.47. The second kappa shape index (κ2) is 3.84. The van der Waals surface area contributed by atoms with Crippen LogP contribution in [0.25, 0.3) is 10.6 Å². The van der Waals surface area contributed by atoms with Crippen LogP contribution in [0.3, 0.4) is 0 Å². The number of aromatic nitrogens is 2. The summed E-state index contributed by atoms with van der Waals surface area (Å²) in [5.41, 5.74) is 1.08. The van der Waals surface area contributed by atoms with Crippen molar-refractivity contribution in [3.05, 3.63) is 23.1 Å². The fourth-order valence-electron chi connectivity index (χ4n) is 1.29. The molecule has 0 saturated heterocycles. The van der Waals surface area contributed by atoms with Gasteiger partial charge in [0, 0.05) is 18.0 Å². The van der Waals surface area contributed by atoms with Crippen LogP contribution in [-0.2, 0) is 6.42 Å². The maximum atomic E-state index is 4.12. The third-order valence-corrected chi connectivity index (χ3v) is 3.37. The number of anilines is 1. The summed E-state index contributed by atoms with van der Waals surface area (Å²) in [4.78, 5) is 2.65. The van der Waals surface area contributed by atoms with Crippen molar-refractivity contribution in [3.63, 3.8) is 0 Å². The summed E-state index contributed by atoms with van der Waals surface area (Å²) in [7, 11) is 1.87. The van der Waals surface area contributed by atoms with Gasteiger partial charge in [-0.15, -0.1) is 11.3 Å². The van der Waals surface area contributed by atoms with Gasteiger partial charge in [-0.1, -0.05) is 6.92 Å². The smallest absolute Gasteiger partial charge is 0.148 e. The van der Waals surface area contributed by atoms with Gasteiger partial charge in [0.05, 0.1) is 10.6 Å². The highest BCUT2D eigenvalue weighted by molar-refractivity contribution is 7.15. The van der Waals surface area contributed by atoms with E-state index >= 15 is 0 Å². The number of H-pyrrole nitrogens is 1. The van der Waals surface area contributed by atoms with Crippen molar-refractivity contribution in [1.82, 2.24) is 10.2 Å². The minimum atomic E-state index is 0.881. The number of nitrogens with one attached hydrogen (secondary N) is 2. The Hall–Kier alpha value is -1.29. The van der Waals surface area contributed by atoms with Gasteiger partial charge in [0.15, 0.2) is 0 Å². The zero-order chi connectivity index (χ0) is 9.97. The molecule has 0 amide bonds. The molecular weight excluding hydrogens is 194 g/mol. The zero-order valence-corrected chi connectivity index (χ0v) is 9.11. The number of hydrogen-bond acceptors (Lipinski definition) is 3. The third-order valence-electron chi connectivity index (χ3n) is 2.11. The van der Waals surface area contributed by atoms with E-state index in [-0.39, 0.29) is 0 Å². The van der Waals surface area contributed by atoms with Crippen molar-refractivity contribution in [3.8, 4) is 10.6 Å². The van der Waals surface area contributed by atoms with Gasteiger partial charge in [0.25, 0.3) is 0 Å². The summed E-state index contributed by atoms with van der Waals surface area (Å²) < 4.78 is 0. The average Bonchev–Trinajstić information content (AvgIpc) is 2.86. The molecule has 0 atom stereocenters. The predicted molar refractivity (Wildman–Crippen MR) is 60.8 cm³/mol. The number of hydrogen-bond donors (Lipinski definition) is 2. The maximum absolute atomic E-state index is 4.12. The number of aromatic amines is 1. The van der Waals surface area contributed by atoms with Crippen LogP contribution in [0.15, 0.2) is 18.2 Å². The number of nitrogens with zero attached hydrogens (tertiary/aromatic N) is 1. The highest BCUT2D eigenvalue weighted by atomic mass is 32.1. The quantitative estimate of drug-likeness (QED) is 0.812. The molecule has 14 heavy (non-hydrogen) atoms. The topological polar surface area (TPSA) is 40.7 Å². The van der Waals surface area contributed by atoms with Gasteiger partial charge in [0.1, 0.15) is 5.82 Å². The molecule has 0 radical (unpaired) electrons. The molecule has 3 nitrogen and oxygen atoms in total. The van der Waals surface area contributed by atoms with Gasteiger partial charge < -0.3 is 5.32 Å². The molecule has 74 valence electrons. The van der Waals surface area contributed by atoms with Gasteiger partial charge in [-0.05, 0) is 18.6 Å². The van der Waals surface area contributed by atoms with Gasteiger partial charge in [-0.3, -0.25) is 5.10 Å². The van der Waals surface area contributed by atoms with Crippen LogP contribution in [0.5, 0.6) is 0 Å². The number of thiophene rings is 1. The fourth-order valence-corrected chi connectivity index (χ4v) is 2.20. The fraction of sp³-hybridized carbons (Fsp3) is 0.300. The van der Waals surface area contributed by atoms with Crippen LogP contribution in [-0.4, -0.2) is 17.2 Å². The Labute approximate surface area is 87.2 Å². The molecule has 2 N–H and O–H groups in total. The minimum Gasteiger partial charge on any atom is -0.372 e. The summed E-state index contributed by atoms with van der Waals surface area (Å²) >= 11 is 1.81. The summed E-state index contributed by atoms with van der Waals surface area (Å²) in [6, 6.07) is 6.32. The Bertz CT molecular complexity index is 376. The van der Waals surface area contributed by atoms with Gasteiger partial charge >= 0.3 is 0 Å². The predicted octanol–water partition coefficient (Wildman–Crippen LogP) is 2.74. The van der Waals surface area contributed by atoms with Crippen molar-refractivity contribution >= 4 is 17.2 Å². The molecule has 0 fully saturated rings. The van der Waals surface area contributed by atoms with E-state index in [4.69, 9.17) is 0 Å². The lowest BCUT2D eigenvalue weighted by Crippen LogP contribution is -1.85. The Morgan fingerprint density at radius 3 is 2.93 bits per heavy atom. The Balaban J connectivity index is 2.29. The monoisotopic (exact) mass is 207 g/mol. The van der Waals surface area contributed by atoms with Crippen molar-refractivity contribution < 1.29 is 0 Å². The molecule has 0 aliphatic rings. The van der Waals surface area contributed by atoms with Crippen LogP contribution >= 0.6 is 11.3 Å². The average molecular weight is 207 g/mol. The summed E-state index contributed by atoms with van der Waals surface area (Å²) in [6.07, 6.45) is 1.09. The first-order chi connectivity index (χ1) is 6.83. The Morgan fingerprint density at radius 2 is 2.36 bits per heavy atom. The molecule has 0 aromatic carbocycles. The Morgan fingerprint density at radius 1 is 1.50 bits per heavy atom.